The first-order valence-electron chi connectivity index (χ1n) is 8.13. The summed E-state index contributed by atoms with van der Waals surface area (Å²) >= 11 is 0. The van der Waals surface area contributed by atoms with Gasteiger partial charge in [-0.2, -0.15) is 4.99 Å². The van der Waals surface area contributed by atoms with Crippen molar-refractivity contribution < 1.29 is 9.59 Å². The molecule has 124 valence electrons. The van der Waals surface area contributed by atoms with Crippen molar-refractivity contribution in [1.82, 2.24) is 19.8 Å². The van der Waals surface area contributed by atoms with Gasteiger partial charge in [-0.15, -0.1) is 0 Å². The van der Waals surface area contributed by atoms with Crippen molar-refractivity contribution in [3.8, 4) is 0 Å². The highest BCUT2D eigenvalue weighted by molar-refractivity contribution is 6.09. The summed E-state index contributed by atoms with van der Waals surface area (Å²) in [5.74, 6) is 1.17. The molecular formula is C17H19N5O2. The van der Waals surface area contributed by atoms with Crippen molar-refractivity contribution >= 4 is 17.6 Å². The van der Waals surface area contributed by atoms with Crippen LogP contribution in [0.3, 0.4) is 0 Å². The number of carbonyl (C=O) groups is 2. The van der Waals surface area contributed by atoms with Gasteiger partial charge in [0.2, 0.25) is 5.91 Å². The maximum atomic E-state index is 13.0. The van der Waals surface area contributed by atoms with E-state index in [9.17, 15) is 9.59 Å². The Morgan fingerprint density at radius 3 is 3.17 bits per heavy atom. The Morgan fingerprint density at radius 2 is 2.29 bits per heavy atom. The number of carbonyl (C=O) groups excluding carboxylic acids is 2. The number of allylic oxidation sites excluding steroid dienone is 2. The topological polar surface area (TPSA) is 79.6 Å². The summed E-state index contributed by atoms with van der Waals surface area (Å²) in [4.78, 5) is 35.1. The zero-order valence-electron chi connectivity index (χ0n) is 13.5. The summed E-state index contributed by atoms with van der Waals surface area (Å²) in [5, 5.41) is 3.12. The monoisotopic (exact) mass is 325 g/mol. The van der Waals surface area contributed by atoms with E-state index in [2.05, 4.69) is 19.9 Å². The van der Waals surface area contributed by atoms with E-state index in [0.29, 0.717) is 12.4 Å². The van der Waals surface area contributed by atoms with Crippen LogP contribution in [-0.2, 0) is 22.6 Å². The molecule has 0 unspecified atom stereocenters. The molecule has 1 N–H and O–H groups in total. The van der Waals surface area contributed by atoms with Gasteiger partial charge in [0.05, 0.1) is 6.42 Å². The van der Waals surface area contributed by atoms with Crippen LogP contribution in [0.5, 0.6) is 0 Å². The number of nitrogens with one attached hydrogen (secondary N) is 1. The average molecular weight is 325 g/mol. The van der Waals surface area contributed by atoms with E-state index in [1.165, 1.54) is 0 Å². The number of amides is 2. The SMILES string of the molecule is C[C@@]1(C(=O)N[C@H]2CCc3nccn3C2)CC(=O)N=C2C=CC=CN21. The minimum Gasteiger partial charge on any atom is -0.350 e. The Labute approximate surface area is 139 Å². The lowest BCUT2D eigenvalue weighted by Crippen LogP contribution is -2.61. The van der Waals surface area contributed by atoms with Gasteiger partial charge in [-0.1, -0.05) is 6.08 Å². The fraction of sp³-hybridized carbons (Fsp3) is 0.412. The molecule has 7 heteroatoms. The number of hydrogen-bond acceptors (Lipinski definition) is 4. The van der Waals surface area contributed by atoms with Gasteiger partial charge in [0.15, 0.2) is 0 Å². The number of imidazole rings is 1. The largest absolute Gasteiger partial charge is 0.350 e. The van der Waals surface area contributed by atoms with Crippen LogP contribution in [0.25, 0.3) is 0 Å². The predicted octanol–water partition coefficient (Wildman–Crippen LogP) is 0.787. The highest BCUT2D eigenvalue weighted by atomic mass is 16.2. The summed E-state index contributed by atoms with van der Waals surface area (Å²) in [7, 11) is 0. The number of nitrogens with zero attached hydrogens (tertiary/aromatic N) is 4. The van der Waals surface area contributed by atoms with Crippen molar-refractivity contribution in [2.24, 2.45) is 4.99 Å². The lowest BCUT2D eigenvalue weighted by molar-refractivity contribution is -0.135. The number of aryl methyl sites for hydroxylation is 1. The molecule has 1 aromatic rings. The molecule has 0 spiro atoms. The third kappa shape index (κ3) is 2.36. The molecule has 0 fully saturated rings. The van der Waals surface area contributed by atoms with E-state index < -0.39 is 5.54 Å². The van der Waals surface area contributed by atoms with Gasteiger partial charge in [-0.25, -0.2) is 4.98 Å². The van der Waals surface area contributed by atoms with Gasteiger partial charge < -0.3 is 14.8 Å². The number of amidine groups is 1. The molecule has 2 amide bonds. The van der Waals surface area contributed by atoms with E-state index in [0.717, 1.165) is 18.7 Å². The van der Waals surface area contributed by atoms with Crippen LogP contribution >= 0.6 is 0 Å². The van der Waals surface area contributed by atoms with Crippen molar-refractivity contribution in [3.05, 3.63) is 42.6 Å². The van der Waals surface area contributed by atoms with Crippen molar-refractivity contribution in [3.63, 3.8) is 0 Å². The molecular weight excluding hydrogens is 306 g/mol. The number of rotatable bonds is 2. The standard InChI is InChI=1S/C17H19N5O2/c1-17(10-15(23)20-14-4-2-3-8-22(14)17)16(24)19-12-5-6-13-18-7-9-21(13)11-12/h2-4,7-9,12H,5-6,10-11H2,1H3,(H,19,24)/t12-,17-/m0/s1. The summed E-state index contributed by atoms with van der Waals surface area (Å²) in [6.07, 6.45) is 12.7. The molecule has 0 bridgehead atoms. The predicted molar refractivity (Wildman–Crippen MR) is 88.1 cm³/mol. The molecule has 3 aliphatic rings. The Hall–Kier alpha value is -2.70. The minimum atomic E-state index is -0.954. The second-order valence-corrected chi connectivity index (χ2v) is 6.59. The second-order valence-electron chi connectivity index (χ2n) is 6.59. The molecule has 0 radical (unpaired) electrons. The maximum Gasteiger partial charge on any atom is 0.250 e. The summed E-state index contributed by atoms with van der Waals surface area (Å²) in [5.41, 5.74) is -0.954. The van der Waals surface area contributed by atoms with Crippen LogP contribution in [0, 0.1) is 0 Å². The van der Waals surface area contributed by atoms with Gasteiger partial charge in [0.1, 0.15) is 17.2 Å². The lowest BCUT2D eigenvalue weighted by atomic mass is 9.90. The van der Waals surface area contributed by atoms with Gasteiger partial charge in [-0.3, -0.25) is 9.59 Å². The highest BCUT2D eigenvalue weighted by Gasteiger charge is 2.45. The molecule has 7 nitrogen and oxygen atoms in total. The Kier molecular flexibility index (Phi) is 3.37. The molecule has 24 heavy (non-hydrogen) atoms. The van der Waals surface area contributed by atoms with Crippen LogP contribution in [0.15, 0.2) is 41.8 Å². The summed E-state index contributed by atoms with van der Waals surface area (Å²) in [6.45, 7) is 2.51. The van der Waals surface area contributed by atoms with Crippen molar-refractivity contribution in [1.29, 1.82) is 0 Å². The number of hydrogen-bond donors (Lipinski definition) is 1. The summed E-state index contributed by atoms with van der Waals surface area (Å²) in [6, 6.07) is 0.0396. The fourth-order valence-electron chi connectivity index (χ4n) is 3.50. The van der Waals surface area contributed by atoms with Crippen LogP contribution in [0.4, 0.5) is 0 Å². The molecule has 2 atom stereocenters. The highest BCUT2D eigenvalue weighted by Crippen LogP contribution is 2.28. The lowest BCUT2D eigenvalue weighted by Gasteiger charge is -2.42. The molecule has 0 saturated carbocycles. The second kappa shape index (κ2) is 5.43. The third-order valence-corrected chi connectivity index (χ3v) is 4.86. The van der Waals surface area contributed by atoms with Crippen LogP contribution in [-0.4, -0.2) is 43.7 Å². The first kappa shape index (κ1) is 14.9. The van der Waals surface area contributed by atoms with E-state index in [4.69, 9.17) is 0 Å². The third-order valence-electron chi connectivity index (χ3n) is 4.86. The smallest absolute Gasteiger partial charge is 0.250 e. The average Bonchev–Trinajstić information content (AvgIpc) is 3.02. The first-order chi connectivity index (χ1) is 11.6. The molecule has 4 rings (SSSR count). The number of aliphatic imine (C=N–C) groups is 1. The van der Waals surface area contributed by atoms with Gasteiger partial charge in [0, 0.05) is 37.6 Å². The molecule has 0 saturated heterocycles. The quantitative estimate of drug-likeness (QED) is 0.872. The first-order valence-corrected chi connectivity index (χ1v) is 8.13. The van der Waals surface area contributed by atoms with Crippen LogP contribution in [0.2, 0.25) is 0 Å². The number of fused-ring (bicyclic) bond motifs is 2. The number of aromatic nitrogens is 2. The normalized spacial score (nSPS) is 28.2. The van der Waals surface area contributed by atoms with Crippen LogP contribution in [0.1, 0.15) is 25.6 Å². The van der Waals surface area contributed by atoms with Gasteiger partial charge in [-0.05, 0) is 25.5 Å². The fourth-order valence-corrected chi connectivity index (χ4v) is 3.50. The zero-order chi connectivity index (χ0) is 16.7. The van der Waals surface area contributed by atoms with E-state index >= 15 is 0 Å². The Balaban J connectivity index is 1.53. The minimum absolute atomic E-state index is 0.0396. The van der Waals surface area contributed by atoms with E-state index in [-0.39, 0.29) is 24.3 Å². The maximum absolute atomic E-state index is 13.0. The molecule has 4 heterocycles. The molecule has 3 aliphatic heterocycles. The van der Waals surface area contributed by atoms with E-state index in [1.807, 2.05) is 18.3 Å². The molecule has 0 aromatic carbocycles. The van der Waals surface area contributed by atoms with Gasteiger partial charge in [0.25, 0.3) is 5.91 Å². The zero-order valence-corrected chi connectivity index (χ0v) is 13.5. The van der Waals surface area contributed by atoms with E-state index in [1.54, 1.807) is 30.3 Å². The van der Waals surface area contributed by atoms with Crippen molar-refractivity contribution in [2.75, 3.05) is 0 Å². The Bertz CT molecular complexity index is 791. The Morgan fingerprint density at radius 1 is 1.42 bits per heavy atom. The molecule has 1 aromatic heterocycles. The van der Waals surface area contributed by atoms with Crippen LogP contribution < -0.4 is 5.32 Å². The van der Waals surface area contributed by atoms with Crippen molar-refractivity contribution in [2.45, 2.75) is 44.3 Å². The summed E-state index contributed by atoms with van der Waals surface area (Å²) < 4.78 is 2.07. The van der Waals surface area contributed by atoms with Gasteiger partial charge >= 0.3 is 0 Å². The molecule has 0 aliphatic carbocycles.